The highest BCUT2D eigenvalue weighted by molar-refractivity contribution is 7.89. The van der Waals surface area contributed by atoms with Gasteiger partial charge in [-0.15, -0.1) is 0 Å². The Kier molecular flexibility index (Phi) is 5.46. The molecule has 4 rings (SSSR count). The van der Waals surface area contributed by atoms with E-state index in [1.807, 2.05) is 18.2 Å². The quantitative estimate of drug-likeness (QED) is 0.580. The summed E-state index contributed by atoms with van der Waals surface area (Å²) < 4.78 is 74.6. The first-order valence-electron chi connectivity index (χ1n) is 9.42. The van der Waals surface area contributed by atoms with Crippen molar-refractivity contribution in [1.29, 1.82) is 0 Å². The van der Waals surface area contributed by atoms with Gasteiger partial charge in [-0.05, 0) is 42.9 Å². The topological polar surface area (TPSA) is 76.5 Å². The van der Waals surface area contributed by atoms with Gasteiger partial charge in [0.25, 0.3) is 10.0 Å². The molecule has 0 bridgehead atoms. The van der Waals surface area contributed by atoms with Crippen molar-refractivity contribution < 1.29 is 30.5 Å². The van der Waals surface area contributed by atoms with Crippen LogP contribution in [0.25, 0.3) is 11.5 Å². The summed E-state index contributed by atoms with van der Waals surface area (Å²) >= 11 is 0. The van der Waals surface area contributed by atoms with E-state index >= 15 is 0 Å². The van der Waals surface area contributed by atoms with Crippen molar-refractivity contribution in [3.05, 3.63) is 59.9 Å². The van der Waals surface area contributed by atoms with E-state index in [0.29, 0.717) is 25.1 Å². The molecule has 0 N–H and O–H groups in total. The molecule has 0 saturated carbocycles. The Bertz CT molecular complexity index is 1100. The van der Waals surface area contributed by atoms with E-state index < -0.39 is 22.0 Å². The molecule has 1 saturated heterocycles. The van der Waals surface area contributed by atoms with Gasteiger partial charge in [-0.3, -0.25) is 0 Å². The predicted octanol–water partition coefficient (Wildman–Crippen LogP) is 4.60. The Morgan fingerprint density at radius 1 is 1.07 bits per heavy atom. The fourth-order valence-electron chi connectivity index (χ4n) is 3.55. The Hall–Kier alpha value is -2.59. The van der Waals surface area contributed by atoms with Crippen LogP contribution in [0.2, 0.25) is 0 Å². The SMILES string of the molecule is O=S(=O)(c1ccc(-c2cc(C(F)(F)F)on2)o1)N1CCC(Cc2ccccc2)CC1. The third-order valence-electron chi connectivity index (χ3n) is 5.16. The lowest BCUT2D eigenvalue weighted by Crippen LogP contribution is -2.38. The fourth-order valence-corrected chi connectivity index (χ4v) is 4.93. The number of furan rings is 1. The summed E-state index contributed by atoms with van der Waals surface area (Å²) in [6, 6.07) is 13.2. The molecule has 0 amide bonds. The van der Waals surface area contributed by atoms with Gasteiger partial charge in [-0.25, -0.2) is 8.42 Å². The van der Waals surface area contributed by atoms with Gasteiger partial charge in [0.1, 0.15) is 5.69 Å². The first kappa shape index (κ1) is 20.7. The third-order valence-corrected chi connectivity index (χ3v) is 6.93. The van der Waals surface area contributed by atoms with Crippen molar-refractivity contribution in [2.24, 2.45) is 5.92 Å². The zero-order valence-electron chi connectivity index (χ0n) is 15.8. The highest BCUT2D eigenvalue weighted by atomic mass is 32.2. The van der Waals surface area contributed by atoms with E-state index in [-0.39, 0.29) is 16.5 Å². The Labute approximate surface area is 171 Å². The summed E-state index contributed by atoms with van der Waals surface area (Å²) in [4.78, 5) is 0. The summed E-state index contributed by atoms with van der Waals surface area (Å²) in [6.45, 7) is 0.718. The summed E-state index contributed by atoms with van der Waals surface area (Å²) in [6.07, 6.45) is -2.34. The highest BCUT2D eigenvalue weighted by Crippen LogP contribution is 2.34. The Morgan fingerprint density at radius 2 is 1.77 bits per heavy atom. The van der Waals surface area contributed by atoms with Crippen LogP contribution in [-0.4, -0.2) is 31.0 Å². The van der Waals surface area contributed by atoms with Crippen LogP contribution >= 0.6 is 0 Å². The standard InChI is InChI=1S/C20H19F3N2O4S/c21-20(22,23)18-13-16(24-29-18)17-6-7-19(28-17)30(26,27)25-10-8-15(9-11-25)12-14-4-2-1-3-5-14/h1-7,13,15H,8-12H2. The van der Waals surface area contributed by atoms with Crippen LogP contribution in [0.3, 0.4) is 0 Å². The molecule has 3 aromatic rings. The van der Waals surface area contributed by atoms with Crippen LogP contribution in [-0.2, 0) is 22.6 Å². The number of benzene rings is 1. The molecule has 0 radical (unpaired) electrons. The van der Waals surface area contributed by atoms with Gasteiger partial charge < -0.3 is 8.94 Å². The molecule has 0 aliphatic carbocycles. The van der Waals surface area contributed by atoms with E-state index in [0.717, 1.165) is 19.3 Å². The number of alkyl halides is 3. The third kappa shape index (κ3) is 4.29. The van der Waals surface area contributed by atoms with Crippen molar-refractivity contribution in [1.82, 2.24) is 9.46 Å². The fraction of sp³-hybridized carbons (Fsp3) is 0.350. The molecule has 10 heteroatoms. The van der Waals surface area contributed by atoms with Gasteiger partial charge in [0.05, 0.1) is 0 Å². The summed E-state index contributed by atoms with van der Waals surface area (Å²) in [5.74, 6) is -0.993. The van der Waals surface area contributed by atoms with Gasteiger partial charge in [0, 0.05) is 19.2 Å². The van der Waals surface area contributed by atoms with E-state index in [1.54, 1.807) is 0 Å². The lowest BCUT2D eigenvalue weighted by atomic mass is 9.91. The first-order valence-corrected chi connectivity index (χ1v) is 10.9. The molecular formula is C20H19F3N2O4S. The maximum absolute atomic E-state index is 12.9. The van der Waals surface area contributed by atoms with Gasteiger partial charge in [-0.1, -0.05) is 35.5 Å². The Morgan fingerprint density at radius 3 is 2.40 bits per heavy atom. The minimum absolute atomic E-state index is 0.105. The van der Waals surface area contributed by atoms with Gasteiger partial charge in [0.2, 0.25) is 10.9 Å². The highest BCUT2D eigenvalue weighted by Gasteiger charge is 2.37. The average Bonchev–Trinajstić information content (AvgIpc) is 3.39. The van der Waals surface area contributed by atoms with Gasteiger partial charge in [-0.2, -0.15) is 17.5 Å². The van der Waals surface area contributed by atoms with Crippen molar-refractivity contribution >= 4 is 10.0 Å². The molecule has 1 fully saturated rings. The van der Waals surface area contributed by atoms with E-state index in [1.165, 1.54) is 22.0 Å². The Balaban J connectivity index is 1.43. The molecule has 0 unspecified atom stereocenters. The minimum atomic E-state index is -4.68. The molecule has 3 heterocycles. The molecule has 0 atom stereocenters. The zero-order valence-corrected chi connectivity index (χ0v) is 16.6. The molecular weight excluding hydrogens is 421 g/mol. The number of rotatable bonds is 5. The maximum Gasteiger partial charge on any atom is 0.452 e. The number of piperidine rings is 1. The zero-order chi connectivity index (χ0) is 21.4. The normalized spacial score (nSPS) is 16.8. The molecule has 1 aromatic carbocycles. The maximum atomic E-state index is 12.9. The van der Waals surface area contributed by atoms with Crippen molar-refractivity contribution in [2.75, 3.05) is 13.1 Å². The number of halogens is 3. The molecule has 1 aliphatic heterocycles. The van der Waals surface area contributed by atoms with Crippen LogP contribution in [0.5, 0.6) is 0 Å². The number of hydrogen-bond donors (Lipinski definition) is 0. The smallest absolute Gasteiger partial charge is 0.441 e. The number of sulfonamides is 1. The van der Waals surface area contributed by atoms with E-state index in [9.17, 15) is 21.6 Å². The second-order valence-electron chi connectivity index (χ2n) is 7.23. The van der Waals surface area contributed by atoms with Crippen molar-refractivity contribution in [3.63, 3.8) is 0 Å². The van der Waals surface area contributed by atoms with Crippen molar-refractivity contribution in [3.8, 4) is 11.5 Å². The van der Waals surface area contributed by atoms with E-state index in [4.69, 9.17) is 4.42 Å². The predicted molar refractivity (Wildman–Crippen MR) is 101 cm³/mol. The first-order chi connectivity index (χ1) is 14.2. The molecule has 1 aliphatic rings. The van der Waals surface area contributed by atoms with Gasteiger partial charge in [0.15, 0.2) is 5.76 Å². The van der Waals surface area contributed by atoms with Crippen LogP contribution in [0.15, 0.2) is 62.6 Å². The number of hydrogen-bond acceptors (Lipinski definition) is 5. The molecule has 2 aromatic heterocycles. The lowest BCUT2D eigenvalue weighted by Gasteiger charge is -2.30. The van der Waals surface area contributed by atoms with E-state index in [2.05, 4.69) is 21.8 Å². The molecule has 160 valence electrons. The number of nitrogens with zero attached hydrogens (tertiary/aromatic N) is 2. The second kappa shape index (κ2) is 7.92. The van der Waals surface area contributed by atoms with Crippen LogP contribution in [0.1, 0.15) is 24.2 Å². The molecule has 0 spiro atoms. The number of aromatic nitrogens is 1. The minimum Gasteiger partial charge on any atom is -0.441 e. The van der Waals surface area contributed by atoms with Crippen LogP contribution in [0.4, 0.5) is 13.2 Å². The lowest BCUT2D eigenvalue weighted by molar-refractivity contribution is -0.155. The van der Waals surface area contributed by atoms with Crippen LogP contribution < -0.4 is 0 Å². The summed E-state index contributed by atoms with van der Waals surface area (Å²) in [5, 5.41) is 2.99. The average molecular weight is 440 g/mol. The largest absolute Gasteiger partial charge is 0.452 e. The van der Waals surface area contributed by atoms with Crippen molar-refractivity contribution in [2.45, 2.75) is 30.5 Å². The molecule has 30 heavy (non-hydrogen) atoms. The summed E-state index contributed by atoms with van der Waals surface area (Å²) in [7, 11) is -3.88. The van der Waals surface area contributed by atoms with Gasteiger partial charge >= 0.3 is 6.18 Å². The second-order valence-corrected chi connectivity index (χ2v) is 9.10. The molecule has 6 nitrogen and oxygen atoms in total. The summed E-state index contributed by atoms with van der Waals surface area (Å²) in [5.41, 5.74) is 1.01. The monoisotopic (exact) mass is 440 g/mol. The van der Waals surface area contributed by atoms with Crippen LogP contribution in [0, 0.1) is 5.92 Å².